The highest BCUT2D eigenvalue weighted by Gasteiger charge is 2.47. The average Bonchev–Trinajstić information content (AvgIpc) is 2.85. The second-order valence-corrected chi connectivity index (χ2v) is 5.90. The molecule has 1 aromatic heterocycles. The minimum atomic E-state index is -0.664. The molecule has 0 aliphatic carbocycles. The predicted octanol–water partition coefficient (Wildman–Crippen LogP) is 2.73. The summed E-state index contributed by atoms with van der Waals surface area (Å²) >= 11 is 0. The number of aliphatic carboxylic acids is 1. The van der Waals surface area contributed by atoms with Crippen molar-refractivity contribution >= 4 is 5.97 Å². The minimum Gasteiger partial charge on any atom is -0.480 e. The van der Waals surface area contributed by atoms with Gasteiger partial charge in [0.25, 0.3) is 0 Å². The Kier molecular flexibility index (Phi) is 4.76. The molecule has 1 fully saturated rings. The van der Waals surface area contributed by atoms with Gasteiger partial charge in [0, 0.05) is 17.9 Å². The first-order chi connectivity index (χ1) is 9.56. The molecular formula is C16H24N2O2. The van der Waals surface area contributed by atoms with E-state index in [1.54, 1.807) is 6.20 Å². The lowest BCUT2D eigenvalue weighted by Crippen LogP contribution is -2.53. The van der Waals surface area contributed by atoms with Gasteiger partial charge in [-0.05, 0) is 64.6 Å². The molecule has 1 aromatic rings. The summed E-state index contributed by atoms with van der Waals surface area (Å²) < 4.78 is 0. The molecule has 1 aliphatic heterocycles. The molecule has 1 N–H and O–H groups in total. The quantitative estimate of drug-likeness (QED) is 0.868. The standard InChI is InChI=1S/C16H24N2O2/c1-13(2)18-12-6-10-16(18,15(19)20)9-5-8-14-7-3-4-11-17-14/h3-4,7,11,13H,5-6,8-10,12H2,1-2H3,(H,19,20)/t16-/m1/s1. The highest BCUT2D eigenvalue weighted by atomic mass is 16.4. The number of rotatable bonds is 6. The van der Waals surface area contributed by atoms with Gasteiger partial charge in [-0.3, -0.25) is 14.7 Å². The lowest BCUT2D eigenvalue weighted by Gasteiger charge is -2.37. The van der Waals surface area contributed by atoms with E-state index in [1.807, 2.05) is 18.2 Å². The second kappa shape index (κ2) is 6.35. The molecule has 0 aromatic carbocycles. The van der Waals surface area contributed by atoms with Crippen LogP contribution in [-0.2, 0) is 11.2 Å². The van der Waals surface area contributed by atoms with Gasteiger partial charge in [-0.1, -0.05) is 6.07 Å². The minimum absolute atomic E-state index is 0.281. The summed E-state index contributed by atoms with van der Waals surface area (Å²) in [5.74, 6) is -0.662. The molecule has 4 heteroatoms. The monoisotopic (exact) mass is 276 g/mol. The number of pyridine rings is 1. The SMILES string of the molecule is CC(C)N1CCC[C@]1(CCCc1ccccn1)C(=O)O. The third-order valence-electron chi connectivity index (χ3n) is 4.31. The molecule has 0 amide bonds. The largest absolute Gasteiger partial charge is 0.480 e. The van der Waals surface area contributed by atoms with Crippen LogP contribution >= 0.6 is 0 Å². The summed E-state index contributed by atoms with van der Waals surface area (Å²) in [4.78, 5) is 18.3. The second-order valence-electron chi connectivity index (χ2n) is 5.90. The van der Waals surface area contributed by atoms with Crippen LogP contribution in [0.2, 0.25) is 0 Å². The molecule has 0 bridgehead atoms. The van der Waals surface area contributed by atoms with E-state index in [4.69, 9.17) is 0 Å². The van der Waals surface area contributed by atoms with Crippen molar-refractivity contribution in [1.82, 2.24) is 9.88 Å². The number of aryl methyl sites for hydroxylation is 1. The number of carboxylic acid groups (broad SMARTS) is 1. The Labute approximate surface area is 120 Å². The number of hydrogen-bond acceptors (Lipinski definition) is 3. The van der Waals surface area contributed by atoms with E-state index >= 15 is 0 Å². The van der Waals surface area contributed by atoms with Crippen LogP contribution in [0.25, 0.3) is 0 Å². The van der Waals surface area contributed by atoms with E-state index in [2.05, 4.69) is 23.7 Å². The molecule has 0 saturated carbocycles. The maximum Gasteiger partial charge on any atom is 0.324 e. The van der Waals surface area contributed by atoms with Crippen molar-refractivity contribution in [2.75, 3.05) is 6.54 Å². The summed E-state index contributed by atoms with van der Waals surface area (Å²) in [5.41, 5.74) is 0.380. The fourth-order valence-electron chi connectivity index (χ4n) is 3.37. The molecule has 1 saturated heterocycles. The normalized spacial score (nSPS) is 23.4. The molecule has 2 rings (SSSR count). The van der Waals surface area contributed by atoms with Gasteiger partial charge in [0.05, 0.1) is 0 Å². The molecule has 2 heterocycles. The fourth-order valence-corrected chi connectivity index (χ4v) is 3.37. The number of nitrogens with zero attached hydrogens (tertiary/aromatic N) is 2. The molecule has 4 nitrogen and oxygen atoms in total. The molecular weight excluding hydrogens is 252 g/mol. The van der Waals surface area contributed by atoms with E-state index < -0.39 is 11.5 Å². The molecule has 110 valence electrons. The lowest BCUT2D eigenvalue weighted by atomic mass is 9.88. The Morgan fingerprint density at radius 3 is 2.90 bits per heavy atom. The summed E-state index contributed by atoms with van der Waals surface area (Å²) in [6.07, 6.45) is 5.96. The van der Waals surface area contributed by atoms with Crippen LogP contribution in [0.15, 0.2) is 24.4 Å². The van der Waals surface area contributed by atoms with Crippen LogP contribution in [0, 0.1) is 0 Å². The summed E-state index contributed by atoms with van der Waals surface area (Å²) in [6.45, 7) is 5.07. The van der Waals surface area contributed by atoms with Crippen LogP contribution in [-0.4, -0.2) is 39.1 Å². The van der Waals surface area contributed by atoms with Crippen molar-refractivity contribution in [2.45, 2.75) is 57.5 Å². The zero-order valence-electron chi connectivity index (χ0n) is 12.4. The Morgan fingerprint density at radius 2 is 2.30 bits per heavy atom. The Balaban J connectivity index is 2.01. The highest BCUT2D eigenvalue weighted by molar-refractivity contribution is 5.79. The zero-order chi connectivity index (χ0) is 14.6. The predicted molar refractivity (Wildman–Crippen MR) is 78.6 cm³/mol. The third-order valence-corrected chi connectivity index (χ3v) is 4.31. The number of likely N-dealkylation sites (tertiary alicyclic amines) is 1. The van der Waals surface area contributed by atoms with Gasteiger partial charge in [-0.25, -0.2) is 0 Å². The molecule has 0 spiro atoms. The zero-order valence-corrected chi connectivity index (χ0v) is 12.4. The van der Waals surface area contributed by atoms with Crippen LogP contribution in [0.4, 0.5) is 0 Å². The van der Waals surface area contributed by atoms with E-state index in [0.717, 1.165) is 37.9 Å². The van der Waals surface area contributed by atoms with E-state index in [1.165, 1.54) is 0 Å². The lowest BCUT2D eigenvalue weighted by molar-refractivity contribution is -0.151. The summed E-state index contributed by atoms with van der Waals surface area (Å²) in [7, 11) is 0. The maximum atomic E-state index is 11.8. The van der Waals surface area contributed by atoms with Crippen molar-refractivity contribution in [3.63, 3.8) is 0 Å². The van der Waals surface area contributed by atoms with Crippen LogP contribution in [0.3, 0.4) is 0 Å². The topological polar surface area (TPSA) is 53.4 Å². The van der Waals surface area contributed by atoms with Crippen molar-refractivity contribution in [2.24, 2.45) is 0 Å². The summed E-state index contributed by atoms with van der Waals surface area (Å²) in [5, 5.41) is 9.72. The number of hydrogen-bond donors (Lipinski definition) is 1. The number of carboxylic acids is 1. The van der Waals surface area contributed by atoms with Crippen LogP contribution in [0.1, 0.15) is 45.2 Å². The van der Waals surface area contributed by atoms with Crippen molar-refractivity contribution in [1.29, 1.82) is 0 Å². The van der Waals surface area contributed by atoms with Gasteiger partial charge in [-0.15, -0.1) is 0 Å². The Hall–Kier alpha value is -1.42. The van der Waals surface area contributed by atoms with Crippen molar-refractivity contribution in [3.8, 4) is 0 Å². The summed E-state index contributed by atoms with van der Waals surface area (Å²) in [6, 6.07) is 6.16. The van der Waals surface area contributed by atoms with Gasteiger partial charge >= 0.3 is 5.97 Å². The smallest absolute Gasteiger partial charge is 0.324 e. The first kappa shape index (κ1) is 15.0. The van der Waals surface area contributed by atoms with Gasteiger partial charge < -0.3 is 5.11 Å². The molecule has 20 heavy (non-hydrogen) atoms. The molecule has 1 aliphatic rings. The van der Waals surface area contributed by atoms with Gasteiger partial charge in [0.2, 0.25) is 0 Å². The number of aromatic nitrogens is 1. The molecule has 1 atom stereocenters. The maximum absolute atomic E-state index is 11.8. The Bertz CT molecular complexity index is 447. The van der Waals surface area contributed by atoms with Crippen molar-refractivity contribution in [3.05, 3.63) is 30.1 Å². The highest BCUT2D eigenvalue weighted by Crippen LogP contribution is 2.35. The first-order valence-electron chi connectivity index (χ1n) is 7.46. The van der Waals surface area contributed by atoms with Gasteiger partial charge in [0.15, 0.2) is 0 Å². The van der Waals surface area contributed by atoms with Crippen LogP contribution < -0.4 is 0 Å². The first-order valence-corrected chi connectivity index (χ1v) is 7.46. The molecule has 0 radical (unpaired) electrons. The average molecular weight is 276 g/mol. The van der Waals surface area contributed by atoms with Gasteiger partial charge in [-0.2, -0.15) is 0 Å². The van der Waals surface area contributed by atoms with Crippen LogP contribution in [0.5, 0.6) is 0 Å². The van der Waals surface area contributed by atoms with Crippen molar-refractivity contribution < 1.29 is 9.90 Å². The third kappa shape index (κ3) is 3.01. The Morgan fingerprint density at radius 1 is 1.50 bits per heavy atom. The van der Waals surface area contributed by atoms with E-state index in [9.17, 15) is 9.90 Å². The molecule has 0 unspecified atom stereocenters. The van der Waals surface area contributed by atoms with E-state index in [0.29, 0.717) is 6.42 Å². The van der Waals surface area contributed by atoms with Gasteiger partial charge in [0.1, 0.15) is 5.54 Å². The number of carbonyl (C=O) groups is 1. The van der Waals surface area contributed by atoms with E-state index in [-0.39, 0.29) is 6.04 Å². The fraction of sp³-hybridized carbons (Fsp3) is 0.625.